The van der Waals surface area contributed by atoms with E-state index in [1.807, 2.05) is 13.0 Å². The molecule has 0 aliphatic heterocycles. The van der Waals surface area contributed by atoms with E-state index in [4.69, 9.17) is 32.7 Å². The van der Waals surface area contributed by atoms with E-state index < -0.39 is 11.8 Å². The number of halogens is 2. The monoisotopic (exact) mass is 410 g/mol. The van der Waals surface area contributed by atoms with E-state index in [9.17, 15) is 9.59 Å². The van der Waals surface area contributed by atoms with Gasteiger partial charge in [0.25, 0.3) is 5.91 Å². The Kier molecular flexibility index (Phi) is 8.23. The van der Waals surface area contributed by atoms with Gasteiger partial charge < -0.3 is 20.1 Å². The van der Waals surface area contributed by atoms with Crippen molar-refractivity contribution in [1.29, 1.82) is 0 Å². The second-order valence-electron chi connectivity index (χ2n) is 5.53. The van der Waals surface area contributed by atoms with Gasteiger partial charge in [0.15, 0.2) is 18.1 Å². The van der Waals surface area contributed by atoms with E-state index in [2.05, 4.69) is 10.6 Å². The average Bonchev–Trinajstić information content (AvgIpc) is 2.66. The predicted octanol–water partition coefficient (Wildman–Crippen LogP) is 3.92. The summed E-state index contributed by atoms with van der Waals surface area (Å²) in [5.74, 6) is 0.170. The maximum absolute atomic E-state index is 11.9. The first-order chi connectivity index (χ1) is 13.0. The summed E-state index contributed by atoms with van der Waals surface area (Å²) >= 11 is 11.8. The Morgan fingerprint density at radius 3 is 2.41 bits per heavy atom. The third-order valence-corrected chi connectivity index (χ3v) is 3.88. The third kappa shape index (κ3) is 7.00. The smallest absolute Gasteiger partial charge is 0.258 e. The zero-order valence-corrected chi connectivity index (χ0v) is 16.3. The van der Waals surface area contributed by atoms with Crippen LogP contribution in [-0.4, -0.2) is 31.6 Å². The summed E-state index contributed by atoms with van der Waals surface area (Å²) in [6.07, 6.45) is 0.862. The molecule has 2 aromatic rings. The SMILES string of the molecule is CCCOc1ccccc1OCC(=O)NCC(=O)Nc1cc(Cl)ccc1Cl. The van der Waals surface area contributed by atoms with Crippen LogP contribution in [0.2, 0.25) is 10.0 Å². The summed E-state index contributed by atoms with van der Waals surface area (Å²) < 4.78 is 11.0. The van der Waals surface area contributed by atoms with Gasteiger partial charge in [0, 0.05) is 5.02 Å². The van der Waals surface area contributed by atoms with Crippen LogP contribution in [0.1, 0.15) is 13.3 Å². The van der Waals surface area contributed by atoms with E-state index in [-0.39, 0.29) is 13.2 Å². The fourth-order valence-electron chi connectivity index (χ4n) is 2.06. The maximum Gasteiger partial charge on any atom is 0.258 e. The van der Waals surface area contributed by atoms with Crippen molar-refractivity contribution in [2.75, 3.05) is 25.1 Å². The summed E-state index contributed by atoms with van der Waals surface area (Å²) in [5, 5.41) is 5.85. The second kappa shape index (κ2) is 10.6. The number of hydrogen-bond acceptors (Lipinski definition) is 4. The molecule has 0 atom stereocenters. The average molecular weight is 411 g/mol. The van der Waals surface area contributed by atoms with Crippen molar-refractivity contribution in [1.82, 2.24) is 5.32 Å². The zero-order valence-electron chi connectivity index (χ0n) is 14.8. The van der Waals surface area contributed by atoms with Gasteiger partial charge >= 0.3 is 0 Å². The first-order valence-electron chi connectivity index (χ1n) is 8.35. The van der Waals surface area contributed by atoms with E-state index in [1.165, 1.54) is 6.07 Å². The number of amides is 2. The van der Waals surface area contributed by atoms with Crippen LogP contribution in [0.5, 0.6) is 11.5 Å². The number of rotatable bonds is 9. The molecule has 0 bridgehead atoms. The summed E-state index contributed by atoms with van der Waals surface area (Å²) in [7, 11) is 0. The lowest BCUT2D eigenvalue weighted by molar-refractivity contribution is -0.125. The van der Waals surface area contributed by atoms with Crippen molar-refractivity contribution in [2.24, 2.45) is 0 Å². The predicted molar refractivity (Wildman–Crippen MR) is 106 cm³/mol. The molecule has 2 rings (SSSR count). The summed E-state index contributed by atoms with van der Waals surface area (Å²) in [4.78, 5) is 23.9. The Balaban J connectivity index is 1.79. The zero-order chi connectivity index (χ0) is 19.6. The van der Waals surface area contributed by atoms with E-state index >= 15 is 0 Å². The van der Waals surface area contributed by atoms with Crippen LogP contribution in [0.25, 0.3) is 0 Å². The molecule has 0 aliphatic rings. The molecule has 27 heavy (non-hydrogen) atoms. The number of nitrogens with one attached hydrogen (secondary N) is 2. The van der Waals surface area contributed by atoms with E-state index in [0.717, 1.165) is 6.42 Å². The largest absolute Gasteiger partial charge is 0.490 e. The highest BCUT2D eigenvalue weighted by atomic mass is 35.5. The van der Waals surface area contributed by atoms with Gasteiger partial charge in [-0.3, -0.25) is 9.59 Å². The van der Waals surface area contributed by atoms with Gasteiger partial charge in [0.2, 0.25) is 5.91 Å². The molecule has 0 unspecified atom stereocenters. The van der Waals surface area contributed by atoms with Crippen molar-refractivity contribution in [3.8, 4) is 11.5 Å². The Bertz CT molecular complexity index is 799. The van der Waals surface area contributed by atoms with Crippen LogP contribution in [-0.2, 0) is 9.59 Å². The molecule has 6 nitrogen and oxygen atoms in total. The highest BCUT2D eigenvalue weighted by Gasteiger charge is 2.10. The van der Waals surface area contributed by atoms with Crippen LogP contribution in [0.4, 0.5) is 5.69 Å². The Labute approximate surface area is 167 Å². The van der Waals surface area contributed by atoms with Crippen molar-refractivity contribution in [3.05, 3.63) is 52.5 Å². The minimum atomic E-state index is -0.437. The molecule has 0 saturated heterocycles. The minimum Gasteiger partial charge on any atom is -0.490 e. The van der Waals surface area contributed by atoms with Crippen molar-refractivity contribution >= 4 is 40.7 Å². The number of anilines is 1. The number of benzene rings is 2. The van der Waals surface area contributed by atoms with E-state index in [1.54, 1.807) is 30.3 Å². The first kappa shape index (κ1) is 20.9. The van der Waals surface area contributed by atoms with Gasteiger partial charge in [-0.05, 0) is 36.8 Å². The lowest BCUT2D eigenvalue weighted by atomic mass is 10.3. The van der Waals surface area contributed by atoms with Crippen molar-refractivity contribution < 1.29 is 19.1 Å². The molecule has 0 fully saturated rings. The van der Waals surface area contributed by atoms with Crippen molar-refractivity contribution in [2.45, 2.75) is 13.3 Å². The molecule has 144 valence electrons. The quantitative estimate of drug-likeness (QED) is 0.656. The summed E-state index contributed by atoms with van der Waals surface area (Å²) in [6.45, 7) is 2.09. The molecule has 8 heteroatoms. The molecule has 2 amide bonds. The first-order valence-corrected chi connectivity index (χ1v) is 9.11. The summed E-state index contributed by atoms with van der Waals surface area (Å²) in [5.41, 5.74) is 0.377. The fourth-order valence-corrected chi connectivity index (χ4v) is 2.40. The number of ether oxygens (including phenoxy) is 2. The lowest BCUT2D eigenvalue weighted by Crippen LogP contribution is -2.35. The van der Waals surface area contributed by atoms with Crippen LogP contribution in [0, 0.1) is 0 Å². The van der Waals surface area contributed by atoms with Gasteiger partial charge in [-0.2, -0.15) is 0 Å². The topological polar surface area (TPSA) is 76.7 Å². The standard InChI is InChI=1S/C19H20Cl2N2O4/c1-2-9-26-16-5-3-4-6-17(16)27-12-19(25)22-11-18(24)23-15-10-13(20)7-8-14(15)21/h3-8,10H,2,9,11-12H2,1H3,(H,22,25)(H,23,24). The third-order valence-electron chi connectivity index (χ3n) is 3.32. The van der Waals surface area contributed by atoms with Crippen LogP contribution < -0.4 is 20.1 Å². The van der Waals surface area contributed by atoms with Gasteiger partial charge in [0.05, 0.1) is 23.9 Å². The molecule has 2 aromatic carbocycles. The number of hydrogen-bond donors (Lipinski definition) is 2. The Hall–Kier alpha value is -2.44. The van der Waals surface area contributed by atoms with Crippen LogP contribution in [0.15, 0.2) is 42.5 Å². The highest BCUT2D eigenvalue weighted by Crippen LogP contribution is 2.26. The van der Waals surface area contributed by atoms with Gasteiger partial charge in [-0.15, -0.1) is 0 Å². The molecule has 2 N–H and O–H groups in total. The fraction of sp³-hybridized carbons (Fsp3) is 0.263. The molecular weight excluding hydrogens is 391 g/mol. The van der Waals surface area contributed by atoms with Crippen LogP contribution >= 0.6 is 23.2 Å². The molecule has 0 saturated carbocycles. The highest BCUT2D eigenvalue weighted by molar-refractivity contribution is 6.35. The normalized spacial score (nSPS) is 10.2. The molecule has 0 heterocycles. The molecule has 0 radical (unpaired) electrons. The second-order valence-corrected chi connectivity index (χ2v) is 6.38. The molecule has 0 spiro atoms. The van der Waals surface area contributed by atoms with E-state index in [0.29, 0.717) is 33.8 Å². The summed E-state index contributed by atoms with van der Waals surface area (Å²) in [6, 6.07) is 11.8. The lowest BCUT2D eigenvalue weighted by Gasteiger charge is -2.12. The number of carbonyl (C=O) groups excluding carboxylic acids is 2. The number of carbonyl (C=O) groups is 2. The van der Waals surface area contributed by atoms with Gasteiger partial charge in [0.1, 0.15) is 0 Å². The Morgan fingerprint density at radius 1 is 1.00 bits per heavy atom. The molecular formula is C19H20Cl2N2O4. The van der Waals surface area contributed by atoms with Gasteiger partial charge in [-0.25, -0.2) is 0 Å². The Morgan fingerprint density at radius 2 is 1.70 bits per heavy atom. The van der Waals surface area contributed by atoms with Crippen molar-refractivity contribution in [3.63, 3.8) is 0 Å². The molecule has 0 aliphatic carbocycles. The molecule has 0 aromatic heterocycles. The maximum atomic E-state index is 11.9. The van der Waals surface area contributed by atoms with Gasteiger partial charge in [-0.1, -0.05) is 42.3 Å². The minimum absolute atomic E-state index is 0.223. The number of para-hydroxylation sites is 2. The van der Waals surface area contributed by atoms with Crippen LogP contribution in [0.3, 0.4) is 0 Å².